The molecule has 4 atom stereocenters. The molecule has 26 heteroatoms. The number of likely N-dealkylation sites (tertiary alicyclic amines) is 1. The summed E-state index contributed by atoms with van der Waals surface area (Å²) in [7, 11) is 0. The fourth-order valence-electron chi connectivity index (χ4n) is 11.3. The van der Waals surface area contributed by atoms with Gasteiger partial charge in [0, 0.05) is 47.9 Å². The second kappa shape index (κ2) is 28.2. The van der Waals surface area contributed by atoms with E-state index in [-0.39, 0.29) is 117 Å². The van der Waals surface area contributed by atoms with Crippen molar-refractivity contribution < 1.29 is 67.1 Å². The van der Waals surface area contributed by atoms with Crippen molar-refractivity contribution in [3.8, 4) is 17.1 Å². The van der Waals surface area contributed by atoms with Crippen molar-refractivity contribution in [3.05, 3.63) is 68.8 Å². The zero-order chi connectivity index (χ0) is 60.2. The van der Waals surface area contributed by atoms with Crippen molar-refractivity contribution in [2.24, 2.45) is 29.4 Å². The number of cyclic esters (lactones) is 1. The number of ether oxygens (including phenoxy) is 5. The summed E-state index contributed by atoms with van der Waals surface area (Å²) < 4.78 is 31.1. The minimum absolute atomic E-state index is 0.0667. The number of aryl methyl sites for hydroxylation is 1. The molecule has 3 aromatic heterocycles. The van der Waals surface area contributed by atoms with E-state index in [2.05, 4.69) is 31.6 Å². The highest BCUT2D eigenvalue weighted by atomic mass is 16.7. The Balaban J connectivity index is 0.741. The zero-order valence-electron chi connectivity index (χ0n) is 48.3. The van der Waals surface area contributed by atoms with Gasteiger partial charge in [-0.15, -0.1) is 5.10 Å². The minimum Gasteiger partial charge on any atom is -0.508 e. The van der Waals surface area contributed by atoms with Crippen LogP contribution in [-0.2, 0) is 95.5 Å². The first-order chi connectivity index (χ1) is 40.3. The van der Waals surface area contributed by atoms with Crippen molar-refractivity contribution >= 4 is 58.5 Å². The van der Waals surface area contributed by atoms with E-state index in [1.807, 2.05) is 6.92 Å². The molecule has 454 valence electrons. The van der Waals surface area contributed by atoms with E-state index in [0.29, 0.717) is 74.3 Å². The molecular formula is C58H77N11O15. The fraction of sp³-hybridized carbons (Fsp3) is 0.586. The monoisotopic (exact) mass is 1170 g/mol. The number of esters is 1. The van der Waals surface area contributed by atoms with Gasteiger partial charge >= 0.3 is 12.1 Å². The van der Waals surface area contributed by atoms with Crippen molar-refractivity contribution in [2.75, 3.05) is 52.7 Å². The van der Waals surface area contributed by atoms with Gasteiger partial charge in [0.25, 0.3) is 5.56 Å². The van der Waals surface area contributed by atoms with E-state index < -0.39 is 72.9 Å². The van der Waals surface area contributed by atoms with E-state index in [4.69, 9.17) is 34.4 Å². The number of nitrogens with one attached hydrogen (secondary N) is 4. The number of phenols is 1. The van der Waals surface area contributed by atoms with Crippen LogP contribution in [0, 0.1) is 23.7 Å². The summed E-state index contributed by atoms with van der Waals surface area (Å²) in [5, 5.41) is 30.3. The summed E-state index contributed by atoms with van der Waals surface area (Å²) >= 11 is 0. The van der Waals surface area contributed by atoms with E-state index in [9.17, 15) is 48.3 Å². The molecule has 26 nitrogen and oxygen atoms in total. The van der Waals surface area contributed by atoms with Crippen LogP contribution in [0.5, 0.6) is 5.75 Å². The second-order valence-corrected chi connectivity index (χ2v) is 22.3. The number of pyridine rings is 2. The molecule has 0 bridgehead atoms. The predicted molar refractivity (Wildman–Crippen MR) is 300 cm³/mol. The van der Waals surface area contributed by atoms with Gasteiger partial charge in [0.2, 0.25) is 41.0 Å². The molecule has 2 fully saturated rings. The van der Waals surface area contributed by atoms with Crippen LogP contribution in [0.1, 0.15) is 120 Å². The Morgan fingerprint density at radius 2 is 1.71 bits per heavy atom. The summed E-state index contributed by atoms with van der Waals surface area (Å²) in [6.45, 7) is 9.36. The van der Waals surface area contributed by atoms with Crippen molar-refractivity contribution in [1.82, 2.24) is 50.7 Å². The fourth-order valence-corrected chi connectivity index (χ4v) is 11.3. The molecule has 8 rings (SSSR count). The number of carbonyl (C=O) groups is 8. The lowest BCUT2D eigenvalue weighted by Gasteiger charge is -2.35. The summed E-state index contributed by atoms with van der Waals surface area (Å²) in [5.74, 6) is -3.35. The number of nitrogens with zero attached hydrogens (tertiary/aromatic N) is 6. The van der Waals surface area contributed by atoms with Gasteiger partial charge in [0.05, 0.1) is 67.6 Å². The SMILES string of the molecule is CCc1c2c(nc3ccc(O)cc13)-c1cc3c(c(=O)n1C2)COC(=O)C3(CC)OC(=O)OCC(NC(=O)C(CCCCN)NC(=O)COCC(=O)NCCOCCn1cc(CNC(=O)C2CCC(CN3C(=O)CC(C)C3=O)CC2)nn1)C(C)C. The molecule has 4 unspecified atom stereocenters. The van der Waals surface area contributed by atoms with Crippen molar-refractivity contribution in [2.45, 2.75) is 143 Å². The van der Waals surface area contributed by atoms with Gasteiger partial charge in [-0.05, 0) is 106 Å². The topological polar surface area (TPSA) is 346 Å². The average Bonchev–Trinajstić information content (AvgIpc) is 1.82. The largest absolute Gasteiger partial charge is 0.509 e. The standard InChI is InChI=1S/C58H77N11O15/c1-6-39-40-23-38(70)15-16-44(40)63-51-41(39)28-68-47(51)24-43-42(55(68)77)29-82-56(78)58(43,7-2)84-57(79)83-30-46(33(3)4)64-53(75)45(10-8-9-17-59)62-49(72)32-81-31-48(71)60-18-20-80-21-19-67-27-37(65-66-67)25-61-52(74)36-13-11-35(12-14-36)26-69-50(73)22-34(5)54(69)76/h15-16,23-24,27,33-36,45-46,70H,6-14,17-22,25-26,28-32,59H2,1-5H3,(H,60,71)(H,61,74)(H,62,72)(H,64,75). The Morgan fingerprint density at radius 3 is 2.43 bits per heavy atom. The van der Waals surface area contributed by atoms with Crippen molar-refractivity contribution in [3.63, 3.8) is 0 Å². The first-order valence-corrected chi connectivity index (χ1v) is 29.0. The number of nitrogens with two attached hydrogens (primary N) is 1. The van der Waals surface area contributed by atoms with Gasteiger partial charge in [-0.2, -0.15) is 0 Å². The lowest BCUT2D eigenvalue weighted by molar-refractivity contribution is -0.175. The molecule has 84 heavy (non-hydrogen) atoms. The molecule has 6 heterocycles. The Bertz CT molecular complexity index is 3170. The molecule has 7 N–H and O–H groups in total. The van der Waals surface area contributed by atoms with Gasteiger partial charge in [-0.3, -0.25) is 38.5 Å². The van der Waals surface area contributed by atoms with Gasteiger partial charge < -0.3 is 60.4 Å². The molecule has 3 aliphatic heterocycles. The highest BCUT2D eigenvalue weighted by molar-refractivity contribution is 6.03. The number of amides is 6. The third-order valence-electron chi connectivity index (χ3n) is 16.1. The quantitative estimate of drug-likeness (QED) is 0.0238. The van der Waals surface area contributed by atoms with E-state index in [0.717, 1.165) is 29.4 Å². The third kappa shape index (κ3) is 14.6. The number of hydrogen-bond acceptors (Lipinski definition) is 19. The first kappa shape index (κ1) is 62.2. The Labute approximate surface area is 485 Å². The zero-order valence-corrected chi connectivity index (χ0v) is 48.3. The number of aromatic hydroxyl groups is 1. The molecule has 4 aliphatic rings. The molecule has 0 spiro atoms. The highest BCUT2D eigenvalue weighted by Crippen LogP contribution is 2.43. The number of rotatable bonds is 28. The number of phenolic OH excluding ortho intramolecular Hbond substituents is 1. The lowest BCUT2D eigenvalue weighted by atomic mass is 9.81. The third-order valence-corrected chi connectivity index (χ3v) is 16.1. The Kier molecular flexibility index (Phi) is 20.9. The number of hydrogen-bond donors (Lipinski definition) is 6. The van der Waals surface area contributed by atoms with Gasteiger partial charge in [0.15, 0.2) is 0 Å². The average molecular weight is 1170 g/mol. The maximum atomic E-state index is 14.2. The van der Waals surface area contributed by atoms with Gasteiger partial charge in [0.1, 0.15) is 43.9 Å². The minimum atomic E-state index is -2.06. The number of imide groups is 1. The maximum absolute atomic E-state index is 14.2. The summed E-state index contributed by atoms with van der Waals surface area (Å²) in [5.41, 5.74) is 7.39. The highest BCUT2D eigenvalue weighted by Gasteiger charge is 2.51. The van der Waals surface area contributed by atoms with E-state index in [1.165, 1.54) is 11.0 Å². The molecule has 1 aliphatic carbocycles. The summed E-state index contributed by atoms with van der Waals surface area (Å²) in [4.78, 5) is 125. The van der Waals surface area contributed by atoms with Crippen LogP contribution in [0.2, 0.25) is 0 Å². The molecule has 1 saturated heterocycles. The molecule has 0 radical (unpaired) electrons. The van der Waals surface area contributed by atoms with Crippen LogP contribution < -0.4 is 32.6 Å². The first-order valence-electron chi connectivity index (χ1n) is 29.0. The summed E-state index contributed by atoms with van der Waals surface area (Å²) in [6, 6.07) is 4.67. The van der Waals surface area contributed by atoms with Gasteiger partial charge in [-0.25, -0.2) is 19.3 Å². The van der Waals surface area contributed by atoms with Gasteiger partial charge in [-0.1, -0.05) is 39.8 Å². The Morgan fingerprint density at radius 1 is 0.940 bits per heavy atom. The van der Waals surface area contributed by atoms with E-state index >= 15 is 0 Å². The van der Waals surface area contributed by atoms with Crippen LogP contribution in [0.3, 0.4) is 0 Å². The van der Waals surface area contributed by atoms with Crippen LogP contribution in [0.4, 0.5) is 4.79 Å². The molecule has 1 aromatic carbocycles. The number of aromatic nitrogens is 5. The number of benzene rings is 1. The number of fused-ring (bicyclic) bond motifs is 5. The molecule has 6 amide bonds. The van der Waals surface area contributed by atoms with Crippen LogP contribution >= 0.6 is 0 Å². The normalized spacial score (nSPS) is 19.7. The second-order valence-electron chi connectivity index (χ2n) is 22.3. The predicted octanol–water partition coefficient (Wildman–Crippen LogP) is 2.52. The summed E-state index contributed by atoms with van der Waals surface area (Å²) in [6.07, 6.45) is 5.36. The van der Waals surface area contributed by atoms with Crippen LogP contribution in [0.15, 0.2) is 35.3 Å². The number of unbranched alkanes of at least 4 members (excludes halogenated alkanes) is 1. The smallest absolute Gasteiger partial charge is 0.508 e. The van der Waals surface area contributed by atoms with Crippen LogP contribution in [0.25, 0.3) is 22.3 Å². The van der Waals surface area contributed by atoms with Crippen LogP contribution in [-0.4, -0.2) is 147 Å². The van der Waals surface area contributed by atoms with E-state index in [1.54, 1.807) is 61.3 Å². The van der Waals surface area contributed by atoms with Crippen molar-refractivity contribution in [1.29, 1.82) is 0 Å². The molecular weight excluding hydrogens is 1090 g/mol. The lowest BCUT2D eigenvalue weighted by Crippen LogP contribution is -2.53. The maximum Gasteiger partial charge on any atom is 0.509 e. The molecule has 1 saturated carbocycles. The Hall–Kier alpha value is -7.84. The molecule has 4 aromatic rings. The number of carbonyl (C=O) groups excluding carboxylic acids is 8.